The summed E-state index contributed by atoms with van der Waals surface area (Å²) in [6.45, 7) is 3.69. The zero-order valence-corrected chi connectivity index (χ0v) is 22.6. The van der Waals surface area contributed by atoms with E-state index in [0.29, 0.717) is 34.3 Å². The largest absolute Gasteiger partial charge is 0.484 e. The number of aryl methyl sites for hydroxylation is 1. The highest BCUT2D eigenvalue weighted by Crippen LogP contribution is 2.31. The van der Waals surface area contributed by atoms with E-state index in [1.165, 1.54) is 12.0 Å². The van der Waals surface area contributed by atoms with Gasteiger partial charge in [0.25, 0.3) is 5.91 Å². The zero-order valence-electron chi connectivity index (χ0n) is 22.6. The van der Waals surface area contributed by atoms with Crippen molar-refractivity contribution in [1.82, 2.24) is 9.88 Å². The van der Waals surface area contributed by atoms with Gasteiger partial charge in [0.05, 0.1) is 20.3 Å². The molecule has 1 unspecified atom stereocenters. The van der Waals surface area contributed by atoms with E-state index in [-0.39, 0.29) is 44.5 Å². The molecule has 0 fully saturated rings. The average molecular weight is 547 g/mol. The molecule has 4 aromatic rings. The summed E-state index contributed by atoms with van der Waals surface area (Å²) in [4.78, 5) is 55.1. The van der Waals surface area contributed by atoms with Gasteiger partial charge in [-0.05, 0) is 49.6 Å². The number of carbonyl (C=O) groups is 3. The summed E-state index contributed by atoms with van der Waals surface area (Å²) in [5, 5.41) is 1.72. The van der Waals surface area contributed by atoms with Gasteiger partial charge in [0.1, 0.15) is 17.4 Å². The summed E-state index contributed by atoms with van der Waals surface area (Å²) < 4.78 is 21.2. The third-order valence-corrected chi connectivity index (χ3v) is 7.30. The van der Waals surface area contributed by atoms with Crippen LogP contribution in [0.4, 0.5) is 0 Å². The van der Waals surface area contributed by atoms with Crippen LogP contribution in [0.2, 0.25) is 0 Å². The van der Waals surface area contributed by atoms with Gasteiger partial charge in [-0.3, -0.25) is 9.59 Å². The maximum absolute atomic E-state index is 13.3. The average Bonchev–Trinajstić information content (AvgIpc) is 3.32. The fourth-order valence-electron chi connectivity index (χ4n) is 5.26. The van der Waals surface area contributed by atoms with Crippen LogP contribution in [0.15, 0.2) is 51.7 Å². The Kier molecular flexibility index (Phi) is 7.59. The molecule has 208 valence electrons. The molecule has 5 rings (SSSR count). The second-order valence-electron chi connectivity index (χ2n) is 9.64. The molecular weight excluding hydrogens is 516 g/mol. The zero-order chi connectivity index (χ0) is 28.4. The number of ether oxygens (including phenoxy) is 3. The number of H-pyrrole nitrogens is 1. The summed E-state index contributed by atoms with van der Waals surface area (Å²) in [5.74, 6) is -0.919. The minimum absolute atomic E-state index is 0.0807. The molecule has 1 aliphatic heterocycles. The second-order valence-corrected chi connectivity index (χ2v) is 9.64. The van der Waals surface area contributed by atoms with E-state index < -0.39 is 17.6 Å². The number of methoxy groups -OCH3 is 1. The van der Waals surface area contributed by atoms with Crippen molar-refractivity contribution in [2.75, 3.05) is 20.3 Å². The Balaban J connectivity index is 1.32. The van der Waals surface area contributed by atoms with Gasteiger partial charge in [-0.25, -0.2) is 9.59 Å². The van der Waals surface area contributed by atoms with Crippen molar-refractivity contribution in [1.29, 1.82) is 0 Å². The van der Waals surface area contributed by atoms with Crippen molar-refractivity contribution in [2.24, 2.45) is 0 Å². The quantitative estimate of drug-likeness (QED) is 0.262. The smallest absolute Gasteiger partial charge is 0.339 e. The topological polar surface area (TPSA) is 128 Å². The lowest BCUT2D eigenvalue weighted by atomic mass is 9.96. The number of hydrogen-bond acceptors (Lipinski definition) is 8. The van der Waals surface area contributed by atoms with Gasteiger partial charge in [0.15, 0.2) is 6.61 Å². The van der Waals surface area contributed by atoms with Crippen LogP contribution in [0.3, 0.4) is 0 Å². The molecule has 1 N–H and O–H groups in total. The Bertz CT molecular complexity index is 1670. The number of hydrogen-bond donors (Lipinski definition) is 1. The molecule has 2 aromatic carbocycles. The monoisotopic (exact) mass is 546 g/mol. The number of benzene rings is 2. The predicted octanol–water partition coefficient (Wildman–Crippen LogP) is 3.58. The van der Waals surface area contributed by atoms with Gasteiger partial charge in [-0.2, -0.15) is 0 Å². The van der Waals surface area contributed by atoms with Gasteiger partial charge in [0.2, 0.25) is 0 Å². The van der Waals surface area contributed by atoms with E-state index in [2.05, 4.69) is 4.98 Å². The highest BCUT2D eigenvalue weighted by atomic mass is 16.5. The first kappa shape index (κ1) is 27.0. The van der Waals surface area contributed by atoms with Crippen molar-refractivity contribution in [2.45, 2.75) is 45.7 Å². The predicted molar refractivity (Wildman–Crippen MR) is 146 cm³/mol. The van der Waals surface area contributed by atoms with Gasteiger partial charge in [-0.15, -0.1) is 0 Å². The van der Waals surface area contributed by atoms with Crippen LogP contribution in [-0.2, 0) is 43.2 Å². The van der Waals surface area contributed by atoms with Crippen LogP contribution in [-0.4, -0.2) is 54.1 Å². The molecule has 10 heteroatoms. The van der Waals surface area contributed by atoms with E-state index in [1.54, 1.807) is 32.0 Å². The highest BCUT2D eigenvalue weighted by Gasteiger charge is 2.37. The number of nitrogens with one attached hydrogen (secondary N) is 1. The summed E-state index contributed by atoms with van der Waals surface area (Å²) in [7, 11) is 1.30. The summed E-state index contributed by atoms with van der Waals surface area (Å²) >= 11 is 0. The van der Waals surface area contributed by atoms with Crippen LogP contribution in [0.25, 0.3) is 21.9 Å². The lowest BCUT2D eigenvalue weighted by Gasteiger charge is -2.33. The Hall–Kier alpha value is -4.60. The van der Waals surface area contributed by atoms with Crippen LogP contribution >= 0.6 is 0 Å². The van der Waals surface area contributed by atoms with Crippen molar-refractivity contribution in [3.63, 3.8) is 0 Å². The van der Waals surface area contributed by atoms with Crippen molar-refractivity contribution in [3.05, 3.63) is 75.3 Å². The van der Waals surface area contributed by atoms with Gasteiger partial charge < -0.3 is 28.5 Å². The maximum atomic E-state index is 13.3. The van der Waals surface area contributed by atoms with E-state index in [1.807, 2.05) is 24.3 Å². The first-order chi connectivity index (χ1) is 19.3. The number of para-hydroxylation sites is 1. The van der Waals surface area contributed by atoms with E-state index in [0.717, 1.165) is 22.2 Å². The molecule has 40 heavy (non-hydrogen) atoms. The third-order valence-electron chi connectivity index (χ3n) is 7.30. The number of aromatic amines is 1. The van der Waals surface area contributed by atoms with Crippen LogP contribution < -0.4 is 10.4 Å². The fraction of sp³-hybridized carbons (Fsp3) is 0.333. The Labute approximate surface area is 229 Å². The SMILES string of the molecule is CCOC(=O)CCc1c(C)c2ccc(OCC(=O)N3Cc4[nH]c5ccccc5c4CC3C(=O)OC)cc2oc1=O. The van der Waals surface area contributed by atoms with Crippen molar-refractivity contribution >= 4 is 39.7 Å². The highest BCUT2D eigenvalue weighted by molar-refractivity contribution is 5.90. The third kappa shape index (κ3) is 5.16. The Morgan fingerprint density at radius 1 is 1.12 bits per heavy atom. The van der Waals surface area contributed by atoms with Gasteiger partial charge in [0, 0.05) is 46.5 Å². The molecule has 2 aromatic heterocycles. The van der Waals surface area contributed by atoms with Gasteiger partial charge in [-0.1, -0.05) is 18.2 Å². The Morgan fingerprint density at radius 3 is 2.70 bits per heavy atom. The Morgan fingerprint density at radius 2 is 1.93 bits per heavy atom. The fourth-order valence-corrected chi connectivity index (χ4v) is 5.26. The standard InChI is InChI=1S/C30H30N2O8/c1-4-38-28(34)12-11-20-17(2)19-10-9-18(13-26(19)40-29(20)35)39-16-27(33)32-15-24-22(14-25(32)30(36)37-3)21-7-5-6-8-23(21)31-24/h5-10,13,25,31H,4,11-12,14-16H2,1-3H3. The number of carbonyl (C=O) groups excluding carboxylic acids is 3. The molecule has 3 heterocycles. The normalized spacial score (nSPS) is 14.7. The van der Waals surface area contributed by atoms with E-state index in [9.17, 15) is 19.2 Å². The lowest BCUT2D eigenvalue weighted by Crippen LogP contribution is -2.50. The first-order valence-electron chi connectivity index (χ1n) is 13.1. The van der Waals surface area contributed by atoms with E-state index >= 15 is 0 Å². The summed E-state index contributed by atoms with van der Waals surface area (Å²) in [6, 6.07) is 12.0. The molecular formula is C30H30N2O8. The molecule has 0 radical (unpaired) electrons. The molecule has 0 spiro atoms. The van der Waals surface area contributed by atoms with Crippen molar-refractivity contribution in [3.8, 4) is 5.75 Å². The van der Waals surface area contributed by atoms with Gasteiger partial charge >= 0.3 is 17.6 Å². The minimum atomic E-state index is -0.780. The van der Waals surface area contributed by atoms with Crippen LogP contribution in [0.5, 0.6) is 5.75 Å². The number of esters is 2. The van der Waals surface area contributed by atoms with Crippen LogP contribution in [0, 0.1) is 6.92 Å². The number of rotatable bonds is 8. The summed E-state index contributed by atoms with van der Waals surface area (Å²) in [5.41, 5.74) is 3.71. The molecule has 0 aliphatic carbocycles. The number of fused-ring (bicyclic) bond motifs is 4. The molecule has 1 aliphatic rings. The molecule has 1 amide bonds. The van der Waals surface area contributed by atoms with Crippen molar-refractivity contribution < 1.29 is 33.0 Å². The number of amides is 1. The molecule has 10 nitrogen and oxygen atoms in total. The number of aromatic nitrogens is 1. The maximum Gasteiger partial charge on any atom is 0.339 e. The molecule has 1 atom stereocenters. The minimum Gasteiger partial charge on any atom is -0.484 e. The second kappa shape index (κ2) is 11.3. The molecule has 0 saturated heterocycles. The van der Waals surface area contributed by atoms with Crippen LogP contribution in [0.1, 0.15) is 35.7 Å². The van der Waals surface area contributed by atoms with E-state index in [4.69, 9.17) is 18.6 Å². The molecule has 0 bridgehead atoms. The summed E-state index contributed by atoms with van der Waals surface area (Å²) in [6.07, 6.45) is 0.624. The first-order valence-corrected chi connectivity index (χ1v) is 13.1. The lowest BCUT2D eigenvalue weighted by molar-refractivity contribution is -0.154. The molecule has 0 saturated carbocycles. The number of nitrogens with zero attached hydrogens (tertiary/aromatic N) is 1.